The fraction of sp³-hybridized carbons (Fsp3) is 0.176. The summed E-state index contributed by atoms with van der Waals surface area (Å²) < 4.78 is 2.17. The summed E-state index contributed by atoms with van der Waals surface area (Å²) in [6.07, 6.45) is 2.15. The first-order valence-electron chi connectivity index (χ1n) is 7.59. The highest BCUT2D eigenvalue weighted by Gasteiger charge is 2.25. The van der Waals surface area contributed by atoms with Gasteiger partial charge in [-0.2, -0.15) is 0 Å². The maximum atomic E-state index is 12.5. The zero-order valence-electron chi connectivity index (χ0n) is 13.4. The Morgan fingerprint density at radius 2 is 1.96 bits per heavy atom. The van der Waals surface area contributed by atoms with Crippen LogP contribution in [-0.4, -0.2) is 27.9 Å². The molecule has 0 unspecified atom stereocenters. The molecule has 25 heavy (non-hydrogen) atoms. The second-order valence-corrected chi connectivity index (χ2v) is 6.49. The van der Waals surface area contributed by atoms with Crippen molar-refractivity contribution in [1.29, 1.82) is 0 Å². The predicted octanol–water partition coefficient (Wildman–Crippen LogP) is 3.04. The van der Waals surface area contributed by atoms with Gasteiger partial charge in [0, 0.05) is 24.3 Å². The molecule has 128 valence electrons. The first-order valence-corrected chi connectivity index (χ1v) is 8.38. The fourth-order valence-corrected chi connectivity index (χ4v) is 2.81. The summed E-state index contributed by atoms with van der Waals surface area (Å²) in [5, 5.41) is 11.4. The number of nitrogens with zero attached hydrogens (tertiary/aromatic N) is 4. The third kappa shape index (κ3) is 3.53. The molecule has 0 aliphatic heterocycles. The topological polar surface area (TPSA) is 80.8 Å². The molecule has 0 amide bonds. The lowest BCUT2D eigenvalue weighted by Gasteiger charge is -2.18. The molecule has 0 aliphatic rings. The molecule has 0 bridgehead atoms. The number of hydrogen-bond donors (Lipinski definition) is 0. The van der Waals surface area contributed by atoms with Gasteiger partial charge < -0.3 is 4.90 Å². The minimum Gasteiger partial charge on any atom is -0.353 e. The van der Waals surface area contributed by atoms with Crippen molar-refractivity contribution in [2.24, 2.45) is 0 Å². The van der Waals surface area contributed by atoms with Crippen molar-refractivity contribution >= 4 is 33.1 Å². The molecule has 0 N–H and O–H groups in total. The lowest BCUT2D eigenvalue weighted by molar-refractivity contribution is -0.385. The van der Waals surface area contributed by atoms with E-state index >= 15 is 0 Å². The first-order chi connectivity index (χ1) is 12.0. The van der Waals surface area contributed by atoms with E-state index in [0.29, 0.717) is 18.6 Å². The molecular weight excluding hydrogens is 388 g/mol. The molecule has 3 aromatic rings. The summed E-state index contributed by atoms with van der Waals surface area (Å²) in [6, 6.07) is 12.9. The molecule has 8 heteroatoms. The number of rotatable bonds is 5. The summed E-state index contributed by atoms with van der Waals surface area (Å²) in [4.78, 5) is 29.2. The van der Waals surface area contributed by atoms with E-state index in [4.69, 9.17) is 0 Å². The highest BCUT2D eigenvalue weighted by molar-refractivity contribution is 9.10. The number of anilines is 1. The van der Waals surface area contributed by atoms with Crippen LogP contribution in [0.25, 0.3) is 5.65 Å². The summed E-state index contributed by atoms with van der Waals surface area (Å²) in [7, 11) is 1.70. The van der Waals surface area contributed by atoms with Crippen LogP contribution in [0.15, 0.2) is 57.9 Å². The van der Waals surface area contributed by atoms with Gasteiger partial charge in [-0.05, 0) is 36.2 Å². The molecule has 7 nitrogen and oxygen atoms in total. The van der Waals surface area contributed by atoms with E-state index in [1.807, 2.05) is 24.3 Å². The van der Waals surface area contributed by atoms with Gasteiger partial charge in [-0.3, -0.25) is 19.3 Å². The molecule has 0 saturated heterocycles. The van der Waals surface area contributed by atoms with Crippen molar-refractivity contribution in [2.45, 2.75) is 6.42 Å². The van der Waals surface area contributed by atoms with Crippen molar-refractivity contribution in [3.63, 3.8) is 0 Å². The maximum absolute atomic E-state index is 12.5. The van der Waals surface area contributed by atoms with Crippen LogP contribution in [0.5, 0.6) is 0 Å². The minimum atomic E-state index is -0.680. The number of fused-ring (bicyclic) bond motifs is 1. The summed E-state index contributed by atoms with van der Waals surface area (Å²) in [5.41, 5.74) is 0.280. The van der Waals surface area contributed by atoms with Crippen LogP contribution in [0.2, 0.25) is 0 Å². The first kappa shape index (κ1) is 17.1. The number of pyridine rings is 1. The van der Waals surface area contributed by atoms with E-state index in [-0.39, 0.29) is 5.82 Å². The summed E-state index contributed by atoms with van der Waals surface area (Å²) in [5.74, 6) is 0.0818. The van der Waals surface area contributed by atoms with Gasteiger partial charge in [-0.25, -0.2) is 4.98 Å². The van der Waals surface area contributed by atoms with E-state index in [9.17, 15) is 14.9 Å². The molecule has 0 saturated carbocycles. The van der Waals surface area contributed by atoms with Crippen molar-refractivity contribution in [3.05, 3.63) is 79.2 Å². The van der Waals surface area contributed by atoms with Crippen LogP contribution in [0.4, 0.5) is 11.5 Å². The molecule has 0 atom stereocenters. The standard InChI is InChI=1S/C17H15BrN4O3/c1-20(11-9-12-5-7-13(18)8-6-12)16-15(22(24)25)17(23)21-10-3-2-4-14(21)19-16/h2-8,10H,9,11H2,1H3. The van der Waals surface area contributed by atoms with Gasteiger partial charge in [-0.1, -0.05) is 34.1 Å². The molecular formula is C17H15BrN4O3. The fourth-order valence-electron chi connectivity index (χ4n) is 2.55. The minimum absolute atomic E-state index is 0.0818. The van der Waals surface area contributed by atoms with Gasteiger partial charge in [0.25, 0.3) is 0 Å². The third-order valence-electron chi connectivity index (χ3n) is 3.89. The van der Waals surface area contributed by atoms with Gasteiger partial charge in [0.05, 0.1) is 4.92 Å². The zero-order valence-corrected chi connectivity index (χ0v) is 15.0. The van der Waals surface area contributed by atoms with E-state index in [0.717, 1.165) is 10.0 Å². The Hall–Kier alpha value is -2.74. The second-order valence-electron chi connectivity index (χ2n) is 5.57. The lowest BCUT2D eigenvalue weighted by Crippen LogP contribution is -2.28. The quantitative estimate of drug-likeness (QED) is 0.483. The van der Waals surface area contributed by atoms with E-state index in [1.54, 1.807) is 30.1 Å². The van der Waals surface area contributed by atoms with Gasteiger partial charge in [0.1, 0.15) is 5.65 Å². The van der Waals surface area contributed by atoms with Crippen molar-refractivity contribution < 1.29 is 4.92 Å². The van der Waals surface area contributed by atoms with Crippen LogP contribution in [-0.2, 0) is 6.42 Å². The average molecular weight is 403 g/mol. The Bertz CT molecular complexity index is 985. The van der Waals surface area contributed by atoms with Crippen molar-refractivity contribution in [2.75, 3.05) is 18.5 Å². The largest absolute Gasteiger partial charge is 0.376 e. The number of benzene rings is 1. The third-order valence-corrected chi connectivity index (χ3v) is 4.41. The van der Waals surface area contributed by atoms with Gasteiger partial charge in [-0.15, -0.1) is 0 Å². The molecule has 3 rings (SSSR count). The number of halogens is 1. The normalized spacial score (nSPS) is 10.8. The molecule has 2 heterocycles. The number of hydrogen-bond acceptors (Lipinski definition) is 5. The van der Waals surface area contributed by atoms with Crippen molar-refractivity contribution in [3.8, 4) is 0 Å². The van der Waals surface area contributed by atoms with E-state index in [1.165, 1.54) is 10.6 Å². The Kier molecular flexibility index (Phi) is 4.80. The van der Waals surface area contributed by atoms with Crippen LogP contribution < -0.4 is 10.5 Å². The van der Waals surface area contributed by atoms with Crippen LogP contribution in [0, 0.1) is 10.1 Å². The average Bonchev–Trinajstić information content (AvgIpc) is 2.60. The molecule has 0 aliphatic carbocycles. The number of likely N-dealkylation sites (N-methyl/N-ethyl adjacent to an activating group) is 1. The van der Waals surface area contributed by atoms with Gasteiger partial charge >= 0.3 is 11.2 Å². The Labute approximate surface area is 151 Å². The van der Waals surface area contributed by atoms with Gasteiger partial charge in [0.2, 0.25) is 5.82 Å². The van der Waals surface area contributed by atoms with Crippen LogP contribution >= 0.6 is 15.9 Å². The Morgan fingerprint density at radius 1 is 1.24 bits per heavy atom. The SMILES string of the molecule is CN(CCc1ccc(Br)cc1)c1nc2ccccn2c(=O)c1[N+](=O)[O-]. The predicted molar refractivity (Wildman–Crippen MR) is 99.2 cm³/mol. The monoisotopic (exact) mass is 402 g/mol. The zero-order chi connectivity index (χ0) is 18.0. The van der Waals surface area contributed by atoms with Crippen molar-refractivity contribution in [1.82, 2.24) is 9.38 Å². The second kappa shape index (κ2) is 7.02. The molecule has 0 radical (unpaired) electrons. The highest BCUT2D eigenvalue weighted by Crippen LogP contribution is 2.22. The maximum Gasteiger partial charge on any atom is 0.376 e. The number of aromatic nitrogens is 2. The van der Waals surface area contributed by atoms with E-state index in [2.05, 4.69) is 20.9 Å². The Morgan fingerprint density at radius 3 is 2.64 bits per heavy atom. The highest BCUT2D eigenvalue weighted by atomic mass is 79.9. The molecule has 0 fully saturated rings. The number of nitro groups is 1. The summed E-state index contributed by atoms with van der Waals surface area (Å²) in [6.45, 7) is 0.498. The Balaban J connectivity index is 1.95. The van der Waals surface area contributed by atoms with Crippen LogP contribution in [0.3, 0.4) is 0 Å². The van der Waals surface area contributed by atoms with E-state index < -0.39 is 16.2 Å². The molecule has 1 aromatic carbocycles. The summed E-state index contributed by atoms with van der Waals surface area (Å²) >= 11 is 3.39. The molecule has 0 spiro atoms. The molecule has 2 aromatic heterocycles. The van der Waals surface area contributed by atoms with Crippen LogP contribution in [0.1, 0.15) is 5.56 Å². The smallest absolute Gasteiger partial charge is 0.353 e. The lowest BCUT2D eigenvalue weighted by atomic mass is 10.1. The van der Waals surface area contributed by atoms with Gasteiger partial charge in [0.15, 0.2) is 0 Å².